The Hall–Kier alpha value is -2.67. The van der Waals surface area contributed by atoms with Crippen LogP contribution in [0.5, 0.6) is 0 Å². The molecule has 2 aliphatic rings. The number of carbonyl (C=O) groups is 1. The number of benzene rings is 1. The van der Waals surface area contributed by atoms with Crippen molar-refractivity contribution in [3.8, 4) is 11.4 Å². The third-order valence-electron chi connectivity index (χ3n) is 5.53. The van der Waals surface area contributed by atoms with E-state index in [0.717, 1.165) is 47.9 Å². The SMILES string of the molecule is C[C@@H](Sc1nnc(-c2ccncc2)n1C1CC1)C(=O)Nc1ccc2c(c1)CCC2. The maximum atomic E-state index is 12.8. The maximum Gasteiger partial charge on any atom is 0.237 e. The Kier molecular flexibility index (Phi) is 4.83. The van der Waals surface area contributed by atoms with Gasteiger partial charge in [-0.15, -0.1) is 10.2 Å². The minimum Gasteiger partial charge on any atom is -0.325 e. The predicted molar refractivity (Wildman–Crippen MR) is 114 cm³/mol. The van der Waals surface area contributed by atoms with Gasteiger partial charge in [0.1, 0.15) is 0 Å². The van der Waals surface area contributed by atoms with Crippen LogP contribution < -0.4 is 5.32 Å². The molecular formula is C22H23N5OS. The summed E-state index contributed by atoms with van der Waals surface area (Å²) in [4.78, 5) is 16.9. The van der Waals surface area contributed by atoms with Crippen LogP contribution in [0.4, 0.5) is 5.69 Å². The van der Waals surface area contributed by atoms with Crippen LogP contribution in [0.3, 0.4) is 0 Å². The second kappa shape index (κ2) is 7.63. The van der Waals surface area contributed by atoms with Crippen LogP contribution in [-0.2, 0) is 17.6 Å². The Morgan fingerprint density at radius 3 is 2.72 bits per heavy atom. The molecule has 1 aromatic carbocycles. The average molecular weight is 406 g/mol. The van der Waals surface area contributed by atoms with E-state index in [2.05, 4.69) is 37.2 Å². The van der Waals surface area contributed by atoms with E-state index in [-0.39, 0.29) is 11.2 Å². The Morgan fingerprint density at radius 1 is 1.14 bits per heavy atom. The number of pyridine rings is 1. The van der Waals surface area contributed by atoms with Crippen LogP contribution in [0.25, 0.3) is 11.4 Å². The van der Waals surface area contributed by atoms with Crippen LogP contribution in [0, 0.1) is 0 Å². The maximum absolute atomic E-state index is 12.8. The number of amides is 1. The lowest BCUT2D eigenvalue weighted by atomic mass is 10.1. The fraction of sp³-hybridized carbons (Fsp3) is 0.364. The first-order chi connectivity index (χ1) is 14.2. The summed E-state index contributed by atoms with van der Waals surface area (Å²) < 4.78 is 2.18. The van der Waals surface area contributed by atoms with Gasteiger partial charge >= 0.3 is 0 Å². The normalized spacial score (nSPS) is 16.4. The Morgan fingerprint density at radius 2 is 1.93 bits per heavy atom. The second-order valence-corrected chi connectivity index (χ2v) is 9.04. The van der Waals surface area contributed by atoms with Gasteiger partial charge in [0.15, 0.2) is 11.0 Å². The van der Waals surface area contributed by atoms with Crippen LogP contribution >= 0.6 is 11.8 Å². The molecule has 2 heterocycles. The molecule has 0 bridgehead atoms. The summed E-state index contributed by atoms with van der Waals surface area (Å²) >= 11 is 1.47. The smallest absolute Gasteiger partial charge is 0.237 e. The van der Waals surface area contributed by atoms with E-state index in [0.29, 0.717) is 6.04 Å². The van der Waals surface area contributed by atoms with Gasteiger partial charge in [-0.1, -0.05) is 17.8 Å². The number of aryl methyl sites for hydroxylation is 2. The summed E-state index contributed by atoms with van der Waals surface area (Å²) in [5.41, 5.74) is 4.65. The number of nitrogens with one attached hydrogen (secondary N) is 1. The summed E-state index contributed by atoms with van der Waals surface area (Å²) in [6.45, 7) is 1.92. The lowest BCUT2D eigenvalue weighted by molar-refractivity contribution is -0.115. The lowest BCUT2D eigenvalue weighted by Gasteiger charge is -2.14. The van der Waals surface area contributed by atoms with Crippen LogP contribution in [0.1, 0.15) is 43.4 Å². The first-order valence-electron chi connectivity index (χ1n) is 10.1. The predicted octanol–water partition coefficient (Wildman–Crippen LogP) is 4.28. The van der Waals surface area contributed by atoms with Gasteiger partial charge in [0.2, 0.25) is 5.91 Å². The van der Waals surface area contributed by atoms with E-state index in [4.69, 9.17) is 0 Å². The molecule has 0 spiro atoms. The van der Waals surface area contributed by atoms with Gasteiger partial charge in [-0.25, -0.2) is 0 Å². The molecule has 2 aromatic heterocycles. The molecule has 1 N–H and O–H groups in total. The Labute approximate surface area is 174 Å². The highest BCUT2D eigenvalue weighted by molar-refractivity contribution is 8.00. The highest BCUT2D eigenvalue weighted by Gasteiger charge is 2.31. The van der Waals surface area contributed by atoms with Gasteiger partial charge < -0.3 is 5.32 Å². The zero-order valence-corrected chi connectivity index (χ0v) is 17.2. The molecule has 0 radical (unpaired) electrons. The molecule has 1 fully saturated rings. The van der Waals surface area contributed by atoms with Crippen molar-refractivity contribution in [3.05, 3.63) is 53.9 Å². The van der Waals surface area contributed by atoms with Crippen molar-refractivity contribution in [2.24, 2.45) is 0 Å². The van der Waals surface area contributed by atoms with Crippen molar-refractivity contribution in [2.45, 2.75) is 55.5 Å². The molecule has 0 unspecified atom stereocenters. The van der Waals surface area contributed by atoms with E-state index < -0.39 is 0 Å². The number of hydrogen-bond donors (Lipinski definition) is 1. The first kappa shape index (κ1) is 18.4. The number of hydrogen-bond acceptors (Lipinski definition) is 5. The lowest BCUT2D eigenvalue weighted by Crippen LogP contribution is -2.23. The Balaban J connectivity index is 1.32. The third kappa shape index (κ3) is 3.79. The summed E-state index contributed by atoms with van der Waals surface area (Å²) in [5.74, 6) is 0.840. The van der Waals surface area contributed by atoms with E-state index >= 15 is 0 Å². The number of anilines is 1. The number of carbonyl (C=O) groups excluding carboxylic acids is 1. The largest absolute Gasteiger partial charge is 0.325 e. The summed E-state index contributed by atoms with van der Waals surface area (Å²) in [6.07, 6.45) is 9.23. The highest BCUT2D eigenvalue weighted by atomic mass is 32.2. The zero-order chi connectivity index (χ0) is 19.8. The van der Waals surface area contributed by atoms with Crippen molar-refractivity contribution in [1.29, 1.82) is 0 Å². The zero-order valence-electron chi connectivity index (χ0n) is 16.3. The van der Waals surface area contributed by atoms with E-state index in [1.807, 2.05) is 25.1 Å². The van der Waals surface area contributed by atoms with E-state index in [9.17, 15) is 4.79 Å². The van der Waals surface area contributed by atoms with Crippen molar-refractivity contribution in [2.75, 3.05) is 5.32 Å². The molecule has 0 aliphatic heterocycles. The highest BCUT2D eigenvalue weighted by Crippen LogP contribution is 2.41. The van der Waals surface area contributed by atoms with Crippen LogP contribution in [-0.4, -0.2) is 30.9 Å². The van der Waals surface area contributed by atoms with Gasteiger partial charge in [-0.2, -0.15) is 0 Å². The molecule has 2 aliphatic carbocycles. The van der Waals surface area contributed by atoms with Crippen molar-refractivity contribution >= 4 is 23.4 Å². The molecule has 0 saturated heterocycles. The number of nitrogens with zero attached hydrogens (tertiary/aromatic N) is 4. The average Bonchev–Trinajstić information content (AvgIpc) is 3.32. The van der Waals surface area contributed by atoms with Crippen LogP contribution in [0.15, 0.2) is 47.9 Å². The molecular weight excluding hydrogens is 382 g/mol. The number of fused-ring (bicyclic) bond motifs is 1. The standard InChI is InChI=1S/C22H23N5OS/c1-14(21(28)24-18-6-5-15-3-2-4-17(15)13-18)29-22-26-25-20(27(22)19-7-8-19)16-9-11-23-12-10-16/h5-6,9-14,19H,2-4,7-8H2,1H3,(H,24,28)/t14-/m1/s1. The van der Waals surface area contributed by atoms with Gasteiger partial charge in [0, 0.05) is 29.7 Å². The van der Waals surface area contributed by atoms with Crippen molar-refractivity contribution < 1.29 is 4.79 Å². The summed E-state index contributed by atoms with van der Waals surface area (Å²) in [7, 11) is 0. The summed E-state index contributed by atoms with van der Waals surface area (Å²) in [6, 6.07) is 10.6. The fourth-order valence-corrected chi connectivity index (χ4v) is 4.74. The van der Waals surface area contributed by atoms with Crippen molar-refractivity contribution in [3.63, 3.8) is 0 Å². The molecule has 7 heteroatoms. The molecule has 1 saturated carbocycles. The molecule has 29 heavy (non-hydrogen) atoms. The van der Waals surface area contributed by atoms with Gasteiger partial charge in [0.05, 0.1) is 5.25 Å². The van der Waals surface area contributed by atoms with E-state index in [1.54, 1.807) is 12.4 Å². The van der Waals surface area contributed by atoms with Gasteiger partial charge in [-0.05, 0) is 74.4 Å². The quantitative estimate of drug-likeness (QED) is 0.620. The number of rotatable bonds is 6. The monoisotopic (exact) mass is 405 g/mol. The topological polar surface area (TPSA) is 72.7 Å². The molecule has 148 valence electrons. The molecule has 5 rings (SSSR count). The van der Waals surface area contributed by atoms with E-state index in [1.165, 1.54) is 29.3 Å². The first-order valence-corrected chi connectivity index (χ1v) is 11.0. The summed E-state index contributed by atoms with van der Waals surface area (Å²) in [5, 5.41) is 12.4. The van der Waals surface area contributed by atoms with Crippen LogP contribution in [0.2, 0.25) is 0 Å². The second-order valence-electron chi connectivity index (χ2n) is 7.73. The molecule has 1 amide bonds. The molecule has 6 nitrogen and oxygen atoms in total. The fourth-order valence-electron chi connectivity index (χ4n) is 3.82. The Bertz CT molecular complexity index is 1040. The van der Waals surface area contributed by atoms with Gasteiger partial charge in [-0.3, -0.25) is 14.3 Å². The minimum absolute atomic E-state index is 0.0104. The number of aromatic nitrogens is 4. The number of thioether (sulfide) groups is 1. The van der Waals surface area contributed by atoms with Gasteiger partial charge in [0.25, 0.3) is 0 Å². The van der Waals surface area contributed by atoms with Crippen molar-refractivity contribution in [1.82, 2.24) is 19.7 Å². The minimum atomic E-state index is -0.268. The molecule has 1 atom stereocenters. The third-order valence-corrected chi connectivity index (χ3v) is 6.59. The molecule has 3 aromatic rings.